The van der Waals surface area contributed by atoms with Crippen molar-refractivity contribution in [1.82, 2.24) is 9.97 Å². The molecule has 33 heteroatoms. The van der Waals surface area contributed by atoms with Crippen LogP contribution < -0.4 is 19.7 Å². The molecule has 12 rings (SSSR count). The third-order valence-corrected chi connectivity index (χ3v) is 19.2. The predicted octanol–water partition coefficient (Wildman–Crippen LogP) is 11.4. The second kappa shape index (κ2) is 36.6. The predicted molar refractivity (Wildman–Crippen MR) is 417 cm³/mol. The Bertz CT molecular complexity index is 5080. The van der Waals surface area contributed by atoms with E-state index in [-0.39, 0.29) is 66.4 Å². The fourth-order valence-corrected chi connectivity index (χ4v) is 14.6. The molecule has 2 saturated heterocycles. The lowest BCUT2D eigenvalue weighted by molar-refractivity contribution is -0.282. The highest BCUT2D eigenvalue weighted by molar-refractivity contribution is 6.67. The van der Waals surface area contributed by atoms with Gasteiger partial charge in [0.1, 0.15) is 28.4 Å². The molecule has 1 amide bonds. The van der Waals surface area contributed by atoms with E-state index in [1.165, 1.54) is 0 Å². The molecule has 4 aliphatic heterocycles. The zero-order valence-electron chi connectivity index (χ0n) is 65.3. The second-order valence-corrected chi connectivity index (χ2v) is 30.3. The number of benzene rings is 6. The van der Waals surface area contributed by atoms with Crippen LogP contribution in [0.2, 0.25) is 0 Å². The minimum Gasteiger partial charge on any atom is -0.467 e. The number of fused-ring (bicyclic) bond motifs is 8. The third-order valence-electron chi connectivity index (χ3n) is 18.2. The number of halogens is 3. The zero-order chi connectivity index (χ0) is 83.8. The first-order valence-corrected chi connectivity index (χ1v) is 37.8. The summed E-state index contributed by atoms with van der Waals surface area (Å²) in [4.78, 5) is 156. The van der Waals surface area contributed by atoms with Crippen LogP contribution in [0.4, 0.5) is 11.4 Å². The number of hydrogen-bond donors (Lipinski definition) is 3. The molecule has 0 radical (unpaired) electrons. The summed E-state index contributed by atoms with van der Waals surface area (Å²) in [5.74, 6) is -6.78. The molecule has 0 spiro atoms. The van der Waals surface area contributed by atoms with Gasteiger partial charge in [0, 0.05) is 129 Å². The Labute approximate surface area is 674 Å². The van der Waals surface area contributed by atoms with E-state index in [1.807, 2.05) is 81.4 Å². The zero-order valence-corrected chi connectivity index (χ0v) is 67.5. The average Bonchev–Trinajstić information content (AvgIpc) is 1.73. The Kier molecular flexibility index (Phi) is 27.5. The minimum absolute atomic E-state index is 0.0594. The maximum Gasteiger partial charge on any atom is 0.339 e. The highest BCUT2D eigenvalue weighted by Gasteiger charge is 2.58. The quantitative estimate of drug-likeness (QED) is 0.0276. The number of aromatic amines is 2. The lowest BCUT2D eigenvalue weighted by Crippen LogP contribution is -2.64. The Morgan fingerprint density at radius 1 is 0.470 bits per heavy atom. The largest absolute Gasteiger partial charge is 0.467 e. The number of carbonyl (C=O) groups is 12. The van der Waals surface area contributed by atoms with Crippen molar-refractivity contribution in [2.45, 2.75) is 180 Å². The van der Waals surface area contributed by atoms with Crippen LogP contribution in [0.25, 0.3) is 43.4 Å². The van der Waals surface area contributed by atoms with Gasteiger partial charge in [-0.1, -0.05) is 60.7 Å². The van der Waals surface area contributed by atoms with Crippen LogP contribution in [0.1, 0.15) is 138 Å². The van der Waals surface area contributed by atoms with E-state index >= 15 is 0 Å². The Hall–Kier alpha value is -11.1. The Morgan fingerprint density at radius 3 is 1.27 bits per heavy atom. The summed E-state index contributed by atoms with van der Waals surface area (Å²) in [7, 11) is 2.22. The number of hydrogen-bond acceptors (Lipinski definition) is 27. The van der Waals surface area contributed by atoms with E-state index in [0.717, 1.165) is 111 Å². The van der Waals surface area contributed by atoms with E-state index in [0.29, 0.717) is 45.8 Å². The molecule has 0 saturated carbocycles. The molecule has 30 nitrogen and oxygen atoms in total. The first-order valence-electron chi connectivity index (χ1n) is 36.4. The van der Waals surface area contributed by atoms with E-state index in [4.69, 9.17) is 101 Å². The molecular weight excluding hydrogens is 1560 g/mol. The van der Waals surface area contributed by atoms with Gasteiger partial charge < -0.3 is 86.5 Å². The molecule has 4 aliphatic rings. The first-order chi connectivity index (χ1) is 54.4. The van der Waals surface area contributed by atoms with Crippen LogP contribution in [-0.4, -0.2) is 192 Å². The fourth-order valence-electron chi connectivity index (χ4n) is 14.0. The molecule has 12 atom stereocenters. The van der Waals surface area contributed by atoms with E-state index in [1.54, 1.807) is 74.2 Å². The Morgan fingerprint density at radius 2 is 0.861 bits per heavy atom. The van der Waals surface area contributed by atoms with Gasteiger partial charge in [0.2, 0.25) is 24.8 Å². The number of esters is 10. The summed E-state index contributed by atoms with van der Waals surface area (Å²) < 4.78 is 77.8. The van der Waals surface area contributed by atoms with Crippen molar-refractivity contribution in [3.63, 3.8) is 0 Å². The molecule has 6 heterocycles. The summed E-state index contributed by atoms with van der Waals surface area (Å²) >= 11 is 18.2. The van der Waals surface area contributed by atoms with Crippen molar-refractivity contribution in [2.24, 2.45) is 0 Å². The molecule has 8 aromatic rings. The topological polar surface area (TPSA) is 381 Å². The highest BCUT2D eigenvalue weighted by Crippen LogP contribution is 2.48. The molecule has 2 unspecified atom stereocenters. The third kappa shape index (κ3) is 20.9. The molecule has 115 heavy (non-hydrogen) atoms. The molecule has 0 bridgehead atoms. The molecular formula is C82H87Cl3N4O26. The molecule has 612 valence electrons. The standard InChI is InChI=1S/C41H43ClN2O13.C26H28ClNO10.C15H16ClNO3/c1-20(45)52-34-35(53-21(2)46)37(54-22(3)47)40(56-36(34)39(50)51-7)55-31-17-30-33(27-11-9-8-10-26(27)31)25(18-42)19-44(30)38(49)29-16-24-14-23(12-13-28(24)43-29)15-32(48)57-41(4,5)6;1-12(29)34-21-22(35-13(2)30)24(36-14(3)31)26(38-23(21)25(32)33-4)37-19-9-18-20(15(10-27)11-28-18)17-8-6-5-7-16(17)19;1-15(2,3)20-13(18)7-9-4-5-11-10(6-9)8-12(17-11)14(16)19/h8-14,16-17,25,34-37,40,43H,15,18-19H2,1-7H3;5-9,15,21-24,26,28H,10-11H2,1-4H3;4-6,8,17H,7H2,1-3H3/t25-,34+,35+,36+,37-,40?;15-,21+,22+,23+,24-,26?;/m11./s1. The van der Waals surface area contributed by atoms with Gasteiger partial charge in [0.05, 0.1) is 38.4 Å². The van der Waals surface area contributed by atoms with Crippen LogP contribution in [0.15, 0.2) is 109 Å². The minimum atomic E-state index is -1.67. The van der Waals surface area contributed by atoms with E-state index < -0.39 is 126 Å². The number of alkyl halides is 2. The SMILES string of the molecule is CC(C)(C)OC(=O)Cc1ccc2[nH]c(C(=O)Cl)cc2c1.COC(=O)[C@H]1OC(Oc2cc3c(c4ccccc24)[C@H](CCl)CN3)[C@H](OC(C)=O)[C@@H](OC(C)=O)[C@@H]1OC(C)=O.COC(=O)[C@H]1OC(Oc2cc3c(c4ccccc24)[C@H](CCl)CN3C(=O)c2cc3cc(CC(=O)OC(C)(C)C)ccc3[nH]2)[C@H](OC(C)=O)[C@@H](OC(C)=O)[C@@H]1OC(C)=O. The van der Waals surface area contributed by atoms with Crippen LogP contribution in [-0.2, 0) is 118 Å². The maximum atomic E-state index is 14.4. The number of carbonyl (C=O) groups excluding carboxylic acids is 12. The van der Waals surface area contributed by atoms with Crippen LogP contribution in [0.5, 0.6) is 11.5 Å². The van der Waals surface area contributed by atoms with Crippen LogP contribution in [0.3, 0.4) is 0 Å². The van der Waals surface area contributed by atoms with Crippen LogP contribution >= 0.6 is 34.8 Å². The maximum absolute atomic E-state index is 14.4. The van der Waals surface area contributed by atoms with Gasteiger partial charge in [0.15, 0.2) is 36.6 Å². The Balaban J connectivity index is 0.000000205. The van der Waals surface area contributed by atoms with Crippen molar-refractivity contribution >= 4 is 160 Å². The monoisotopic (exact) mass is 1650 g/mol. The van der Waals surface area contributed by atoms with Crippen molar-refractivity contribution in [3.8, 4) is 11.5 Å². The van der Waals surface area contributed by atoms with Gasteiger partial charge in [-0.05, 0) is 123 Å². The van der Waals surface area contributed by atoms with Crippen LogP contribution in [0, 0.1) is 0 Å². The van der Waals surface area contributed by atoms with Gasteiger partial charge in [-0.15, -0.1) is 23.2 Å². The van der Waals surface area contributed by atoms with Gasteiger partial charge >= 0.3 is 59.7 Å². The lowest BCUT2D eigenvalue weighted by Gasteiger charge is -2.43. The van der Waals surface area contributed by atoms with Crippen molar-refractivity contribution < 1.29 is 124 Å². The summed E-state index contributed by atoms with van der Waals surface area (Å²) in [5, 5.41) is 7.23. The van der Waals surface area contributed by atoms with Gasteiger partial charge in [0.25, 0.3) is 11.1 Å². The van der Waals surface area contributed by atoms with E-state index in [9.17, 15) is 57.5 Å². The van der Waals surface area contributed by atoms with Crippen molar-refractivity contribution in [2.75, 3.05) is 49.3 Å². The average molecular weight is 1650 g/mol. The molecule has 2 aromatic heterocycles. The van der Waals surface area contributed by atoms with Crippen molar-refractivity contribution in [3.05, 3.63) is 143 Å². The number of nitrogens with one attached hydrogen (secondary N) is 3. The number of nitrogens with zero attached hydrogens (tertiary/aromatic N) is 1. The number of rotatable bonds is 20. The summed E-state index contributed by atoms with van der Waals surface area (Å²) in [6, 6.07) is 32.4. The fraction of sp³-hybridized carbons (Fsp3) is 0.415. The number of amides is 1. The molecule has 2 fully saturated rings. The normalized spacial score (nSPS) is 21.4. The molecule has 0 aliphatic carbocycles. The summed E-state index contributed by atoms with van der Waals surface area (Å²) in [5.41, 5.74) is 5.67. The van der Waals surface area contributed by atoms with Crippen molar-refractivity contribution in [1.29, 1.82) is 0 Å². The number of anilines is 2. The number of ether oxygens (including phenoxy) is 14. The van der Waals surface area contributed by atoms with Gasteiger partial charge in [-0.25, -0.2) is 9.59 Å². The molecule has 3 N–H and O–H groups in total. The van der Waals surface area contributed by atoms with Gasteiger partial charge in [-0.2, -0.15) is 0 Å². The van der Waals surface area contributed by atoms with E-state index in [2.05, 4.69) is 15.3 Å². The number of H-pyrrole nitrogens is 2. The lowest BCUT2D eigenvalue weighted by atomic mass is 9.95. The summed E-state index contributed by atoms with van der Waals surface area (Å²) in [6.07, 6.45) is -15.1. The number of aromatic nitrogens is 2. The second-order valence-electron chi connectivity index (χ2n) is 29.3. The van der Waals surface area contributed by atoms with Gasteiger partial charge in [-0.3, -0.25) is 47.9 Å². The highest BCUT2D eigenvalue weighted by atomic mass is 35.5. The summed E-state index contributed by atoms with van der Waals surface area (Å²) in [6.45, 7) is 18.4. The first kappa shape index (κ1) is 86.4. The number of methoxy groups -OCH3 is 2. The molecule has 6 aromatic carbocycles. The smallest absolute Gasteiger partial charge is 0.339 e.